The maximum atomic E-state index is 3.57. The van der Waals surface area contributed by atoms with Gasteiger partial charge >= 0.3 is 0 Å². The molecule has 0 amide bonds. The number of hydrogen-bond donors (Lipinski definition) is 2. The van der Waals surface area contributed by atoms with E-state index in [-0.39, 0.29) is 0 Å². The first kappa shape index (κ1) is 9.87. The molecular weight excluding hydrogens is 198 g/mol. The van der Waals surface area contributed by atoms with Crippen LogP contribution in [-0.2, 0) is 7.05 Å². The van der Waals surface area contributed by atoms with Crippen molar-refractivity contribution in [1.29, 1.82) is 0 Å². The van der Waals surface area contributed by atoms with Crippen molar-refractivity contribution in [1.82, 2.24) is 15.2 Å². The van der Waals surface area contributed by atoms with Gasteiger partial charge in [-0.25, -0.2) is 0 Å². The Morgan fingerprint density at radius 3 is 2.94 bits per heavy atom. The lowest BCUT2D eigenvalue weighted by atomic mass is 10.0. The molecule has 2 heterocycles. The third-order valence-corrected chi connectivity index (χ3v) is 3.34. The summed E-state index contributed by atoms with van der Waals surface area (Å²) < 4.78 is 2.21. The molecule has 1 unspecified atom stereocenters. The van der Waals surface area contributed by atoms with Crippen molar-refractivity contribution in [2.75, 3.05) is 19.6 Å². The van der Waals surface area contributed by atoms with Crippen LogP contribution in [0.4, 0.5) is 0 Å². The Bertz CT molecular complexity index is 495. The molecule has 0 radical (unpaired) electrons. The van der Waals surface area contributed by atoms with Gasteiger partial charge in [-0.3, -0.25) is 0 Å². The standard InChI is InChI=1S/C13H17N3/c1-16-9-11(12-8-14-6-7-15-12)10-4-2-3-5-13(10)16/h2-5,9,12,14-15H,6-8H2,1H3. The highest BCUT2D eigenvalue weighted by Gasteiger charge is 2.18. The van der Waals surface area contributed by atoms with Gasteiger partial charge in [-0.1, -0.05) is 18.2 Å². The molecule has 2 aromatic rings. The van der Waals surface area contributed by atoms with E-state index in [1.54, 1.807) is 0 Å². The number of rotatable bonds is 1. The molecule has 1 atom stereocenters. The molecule has 3 nitrogen and oxygen atoms in total. The molecule has 1 aromatic carbocycles. The predicted octanol–water partition coefficient (Wildman–Crippen LogP) is 1.41. The number of fused-ring (bicyclic) bond motifs is 1. The SMILES string of the molecule is Cn1cc(C2CNCCN2)c2ccccc21. The molecule has 1 aliphatic rings. The largest absolute Gasteiger partial charge is 0.350 e. The average Bonchev–Trinajstić information content (AvgIpc) is 2.69. The molecule has 0 bridgehead atoms. The zero-order valence-electron chi connectivity index (χ0n) is 9.53. The van der Waals surface area contributed by atoms with Crippen LogP contribution in [-0.4, -0.2) is 24.2 Å². The molecule has 3 rings (SSSR count). The first-order valence-corrected chi connectivity index (χ1v) is 5.84. The Kier molecular flexibility index (Phi) is 2.42. The molecule has 0 spiro atoms. The minimum absolute atomic E-state index is 0.444. The number of benzene rings is 1. The third kappa shape index (κ3) is 1.52. The number of aryl methyl sites for hydroxylation is 1. The summed E-state index contributed by atoms with van der Waals surface area (Å²) in [5, 5.41) is 8.37. The van der Waals surface area contributed by atoms with Crippen molar-refractivity contribution in [2.24, 2.45) is 7.05 Å². The topological polar surface area (TPSA) is 29.0 Å². The fraction of sp³-hybridized carbons (Fsp3) is 0.385. The summed E-state index contributed by atoms with van der Waals surface area (Å²) in [6.07, 6.45) is 2.25. The predicted molar refractivity (Wildman–Crippen MR) is 66.5 cm³/mol. The lowest BCUT2D eigenvalue weighted by Gasteiger charge is -2.24. The molecule has 0 saturated carbocycles. The highest BCUT2D eigenvalue weighted by Crippen LogP contribution is 2.26. The summed E-state index contributed by atoms with van der Waals surface area (Å²) in [6, 6.07) is 9.04. The average molecular weight is 215 g/mol. The van der Waals surface area contributed by atoms with Gasteiger partial charge in [0, 0.05) is 49.8 Å². The quantitative estimate of drug-likeness (QED) is 0.753. The van der Waals surface area contributed by atoms with Crippen LogP contribution in [0.25, 0.3) is 10.9 Å². The number of nitrogens with one attached hydrogen (secondary N) is 2. The van der Waals surface area contributed by atoms with Crippen molar-refractivity contribution in [3.05, 3.63) is 36.0 Å². The van der Waals surface area contributed by atoms with Gasteiger partial charge in [0.05, 0.1) is 0 Å². The fourth-order valence-corrected chi connectivity index (χ4v) is 2.52. The fourth-order valence-electron chi connectivity index (χ4n) is 2.52. The van der Waals surface area contributed by atoms with E-state index in [0.717, 1.165) is 19.6 Å². The molecule has 3 heteroatoms. The molecular formula is C13H17N3. The Balaban J connectivity index is 2.08. The van der Waals surface area contributed by atoms with Gasteiger partial charge in [-0.05, 0) is 11.6 Å². The van der Waals surface area contributed by atoms with E-state index in [0.29, 0.717) is 6.04 Å². The maximum Gasteiger partial charge on any atom is 0.0481 e. The molecule has 84 valence electrons. The minimum Gasteiger partial charge on any atom is -0.350 e. The number of piperazine rings is 1. The van der Waals surface area contributed by atoms with Crippen molar-refractivity contribution in [3.8, 4) is 0 Å². The highest BCUT2D eigenvalue weighted by molar-refractivity contribution is 5.84. The lowest BCUT2D eigenvalue weighted by Crippen LogP contribution is -2.42. The molecule has 1 fully saturated rings. The molecule has 2 N–H and O–H groups in total. The van der Waals surface area contributed by atoms with Crippen molar-refractivity contribution in [2.45, 2.75) is 6.04 Å². The van der Waals surface area contributed by atoms with Crippen molar-refractivity contribution >= 4 is 10.9 Å². The number of aromatic nitrogens is 1. The van der Waals surface area contributed by atoms with E-state index in [9.17, 15) is 0 Å². The first-order chi connectivity index (χ1) is 7.86. The summed E-state index contributed by atoms with van der Waals surface area (Å²) >= 11 is 0. The maximum absolute atomic E-state index is 3.57. The Hall–Kier alpha value is -1.32. The summed E-state index contributed by atoms with van der Waals surface area (Å²) in [6.45, 7) is 3.14. The van der Waals surface area contributed by atoms with Crippen LogP contribution in [0.1, 0.15) is 11.6 Å². The Morgan fingerprint density at radius 1 is 1.25 bits per heavy atom. The van der Waals surface area contributed by atoms with E-state index in [2.05, 4.69) is 52.7 Å². The van der Waals surface area contributed by atoms with Gasteiger partial charge in [0.2, 0.25) is 0 Å². The van der Waals surface area contributed by atoms with E-state index in [1.165, 1.54) is 16.5 Å². The van der Waals surface area contributed by atoms with E-state index < -0.39 is 0 Å². The Morgan fingerprint density at radius 2 is 2.12 bits per heavy atom. The van der Waals surface area contributed by atoms with Crippen molar-refractivity contribution in [3.63, 3.8) is 0 Å². The van der Waals surface area contributed by atoms with Gasteiger partial charge in [0.15, 0.2) is 0 Å². The smallest absolute Gasteiger partial charge is 0.0481 e. The Labute approximate surface area is 95.5 Å². The van der Waals surface area contributed by atoms with Crippen LogP contribution in [0.3, 0.4) is 0 Å². The van der Waals surface area contributed by atoms with Crippen LogP contribution in [0.15, 0.2) is 30.5 Å². The second kappa shape index (κ2) is 3.92. The summed E-state index contributed by atoms with van der Waals surface area (Å²) in [5.74, 6) is 0. The third-order valence-electron chi connectivity index (χ3n) is 3.34. The molecule has 1 saturated heterocycles. The van der Waals surface area contributed by atoms with Crippen LogP contribution < -0.4 is 10.6 Å². The monoisotopic (exact) mass is 215 g/mol. The summed E-state index contributed by atoms with van der Waals surface area (Å²) in [4.78, 5) is 0. The van der Waals surface area contributed by atoms with Gasteiger partial charge in [-0.15, -0.1) is 0 Å². The number of hydrogen-bond acceptors (Lipinski definition) is 2. The molecule has 0 aliphatic carbocycles. The van der Waals surface area contributed by atoms with Gasteiger partial charge in [-0.2, -0.15) is 0 Å². The second-order valence-corrected chi connectivity index (χ2v) is 4.42. The second-order valence-electron chi connectivity index (χ2n) is 4.42. The zero-order valence-corrected chi connectivity index (χ0v) is 9.53. The van der Waals surface area contributed by atoms with E-state index in [4.69, 9.17) is 0 Å². The van der Waals surface area contributed by atoms with Crippen LogP contribution in [0.2, 0.25) is 0 Å². The first-order valence-electron chi connectivity index (χ1n) is 5.84. The molecule has 1 aliphatic heterocycles. The highest BCUT2D eigenvalue weighted by atomic mass is 15.1. The normalized spacial score (nSPS) is 21.4. The van der Waals surface area contributed by atoms with Gasteiger partial charge in [0.25, 0.3) is 0 Å². The minimum atomic E-state index is 0.444. The zero-order chi connectivity index (χ0) is 11.0. The number of nitrogens with zero attached hydrogens (tertiary/aromatic N) is 1. The van der Waals surface area contributed by atoms with Crippen LogP contribution in [0.5, 0.6) is 0 Å². The van der Waals surface area contributed by atoms with Crippen molar-refractivity contribution < 1.29 is 0 Å². The van der Waals surface area contributed by atoms with Gasteiger partial charge < -0.3 is 15.2 Å². The van der Waals surface area contributed by atoms with Crippen LogP contribution in [0, 0.1) is 0 Å². The van der Waals surface area contributed by atoms with Crippen LogP contribution >= 0.6 is 0 Å². The molecule has 1 aromatic heterocycles. The lowest BCUT2D eigenvalue weighted by molar-refractivity contribution is 0.431. The van der Waals surface area contributed by atoms with E-state index in [1.807, 2.05) is 0 Å². The van der Waals surface area contributed by atoms with E-state index >= 15 is 0 Å². The van der Waals surface area contributed by atoms with Gasteiger partial charge in [0.1, 0.15) is 0 Å². The molecule has 16 heavy (non-hydrogen) atoms. The summed E-state index contributed by atoms with van der Waals surface area (Å²) in [5.41, 5.74) is 2.72. The summed E-state index contributed by atoms with van der Waals surface area (Å²) in [7, 11) is 2.11. The number of para-hydroxylation sites is 1.